The SMILES string of the molecule is C1=CCC(C2=Cc3c(cccc3-c3ccccc3)C2)CC1. The quantitative estimate of drug-likeness (QED) is 0.620. The lowest BCUT2D eigenvalue weighted by Gasteiger charge is -2.18. The molecule has 0 spiro atoms. The molecule has 1 unspecified atom stereocenters. The summed E-state index contributed by atoms with van der Waals surface area (Å²) in [6, 6.07) is 17.5. The highest BCUT2D eigenvalue weighted by molar-refractivity contribution is 5.80. The molecular formula is C21H20. The second-order valence-corrected chi connectivity index (χ2v) is 6.12. The summed E-state index contributed by atoms with van der Waals surface area (Å²) in [4.78, 5) is 0. The number of hydrogen-bond acceptors (Lipinski definition) is 0. The fraction of sp³-hybridized carbons (Fsp3) is 0.238. The van der Waals surface area contributed by atoms with Crippen molar-refractivity contribution in [2.45, 2.75) is 25.7 Å². The molecule has 0 saturated heterocycles. The van der Waals surface area contributed by atoms with Gasteiger partial charge in [0.2, 0.25) is 0 Å². The van der Waals surface area contributed by atoms with E-state index in [0.717, 1.165) is 12.3 Å². The van der Waals surface area contributed by atoms with Crippen molar-refractivity contribution in [3.63, 3.8) is 0 Å². The molecule has 0 fully saturated rings. The van der Waals surface area contributed by atoms with Crippen LogP contribution in [0.2, 0.25) is 0 Å². The predicted octanol–water partition coefficient (Wildman–Crippen LogP) is 5.65. The Labute approximate surface area is 126 Å². The van der Waals surface area contributed by atoms with Crippen LogP contribution in [0.25, 0.3) is 17.2 Å². The summed E-state index contributed by atoms with van der Waals surface area (Å²) in [5.41, 5.74) is 7.30. The molecular weight excluding hydrogens is 252 g/mol. The molecule has 2 aliphatic rings. The number of rotatable bonds is 2. The van der Waals surface area contributed by atoms with Gasteiger partial charge in [0, 0.05) is 0 Å². The Morgan fingerprint density at radius 2 is 1.76 bits per heavy atom. The zero-order valence-electron chi connectivity index (χ0n) is 12.3. The Hall–Kier alpha value is -2.08. The van der Waals surface area contributed by atoms with Crippen molar-refractivity contribution in [2.75, 3.05) is 0 Å². The van der Waals surface area contributed by atoms with Crippen LogP contribution < -0.4 is 0 Å². The molecule has 0 aromatic heterocycles. The maximum atomic E-state index is 2.47. The lowest BCUT2D eigenvalue weighted by Crippen LogP contribution is -2.05. The first-order valence-electron chi connectivity index (χ1n) is 7.94. The van der Waals surface area contributed by atoms with Crippen LogP contribution in [-0.4, -0.2) is 0 Å². The fourth-order valence-electron chi connectivity index (χ4n) is 3.66. The van der Waals surface area contributed by atoms with E-state index >= 15 is 0 Å². The van der Waals surface area contributed by atoms with E-state index in [4.69, 9.17) is 0 Å². The Balaban J connectivity index is 1.73. The van der Waals surface area contributed by atoms with Gasteiger partial charge < -0.3 is 0 Å². The van der Waals surface area contributed by atoms with Crippen LogP contribution in [0.15, 0.2) is 66.3 Å². The Bertz CT molecular complexity index is 704. The second-order valence-electron chi connectivity index (χ2n) is 6.12. The van der Waals surface area contributed by atoms with Gasteiger partial charge in [-0.05, 0) is 53.9 Å². The van der Waals surface area contributed by atoms with Crippen LogP contribution in [0.4, 0.5) is 0 Å². The molecule has 2 aliphatic carbocycles. The molecule has 1 atom stereocenters. The molecule has 21 heavy (non-hydrogen) atoms. The summed E-state index contributed by atoms with van der Waals surface area (Å²) >= 11 is 0. The molecule has 4 rings (SSSR count). The predicted molar refractivity (Wildman–Crippen MR) is 90.0 cm³/mol. The van der Waals surface area contributed by atoms with Crippen molar-refractivity contribution in [3.05, 3.63) is 77.4 Å². The van der Waals surface area contributed by atoms with Crippen molar-refractivity contribution in [2.24, 2.45) is 5.92 Å². The van der Waals surface area contributed by atoms with Crippen molar-refractivity contribution in [3.8, 4) is 11.1 Å². The van der Waals surface area contributed by atoms with Crippen LogP contribution in [0.3, 0.4) is 0 Å². The Morgan fingerprint density at radius 3 is 2.57 bits per heavy atom. The summed E-state index contributed by atoms with van der Waals surface area (Å²) in [6.07, 6.45) is 12.1. The van der Waals surface area contributed by atoms with Crippen LogP contribution in [0.1, 0.15) is 30.4 Å². The average Bonchev–Trinajstić information content (AvgIpc) is 3.00. The van der Waals surface area contributed by atoms with Gasteiger partial charge in [0.25, 0.3) is 0 Å². The van der Waals surface area contributed by atoms with Crippen molar-refractivity contribution >= 4 is 6.08 Å². The van der Waals surface area contributed by atoms with Gasteiger partial charge in [0.1, 0.15) is 0 Å². The molecule has 0 radical (unpaired) electrons. The average molecular weight is 272 g/mol. The summed E-state index contributed by atoms with van der Waals surface area (Å²) in [5.74, 6) is 0.756. The Kier molecular flexibility index (Phi) is 3.23. The molecule has 2 aromatic rings. The van der Waals surface area contributed by atoms with Crippen molar-refractivity contribution in [1.82, 2.24) is 0 Å². The highest BCUT2D eigenvalue weighted by atomic mass is 14.3. The highest BCUT2D eigenvalue weighted by Gasteiger charge is 2.22. The molecule has 104 valence electrons. The first-order valence-corrected chi connectivity index (χ1v) is 7.94. The van der Waals surface area contributed by atoms with Gasteiger partial charge >= 0.3 is 0 Å². The van der Waals surface area contributed by atoms with Gasteiger partial charge in [-0.25, -0.2) is 0 Å². The maximum absolute atomic E-state index is 2.47. The number of fused-ring (bicyclic) bond motifs is 1. The third kappa shape index (κ3) is 2.35. The topological polar surface area (TPSA) is 0 Å². The van der Waals surface area contributed by atoms with Gasteiger partial charge in [-0.2, -0.15) is 0 Å². The van der Waals surface area contributed by atoms with Gasteiger partial charge in [0.15, 0.2) is 0 Å². The molecule has 0 N–H and O–H groups in total. The van der Waals surface area contributed by atoms with E-state index < -0.39 is 0 Å². The van der Waals surface area contributed by atoms with Crippen LogP contribution in [-0.2, 0) is 6.42 Å². The molecule has 0 nitrogen and oxygen atoms in total. The first-order chi connectivity index (χ1) is 10.4. The number of benzene rings is 2. The first kappa shape index (κ1) is 12.6. The summed E-state index contributed by atoms with van der Waals surface area (Å²) in [7, 11) is 0. The van der Waals surface area contributed by atoms with Crippen molar-refractivity contribution in [1.29, 1.82) is 0 Å². The molecule has 2 aromatic carbocycles. The normalized spacial score (nSPS) is 20.2. The molecule has 0 heterocycles. The maximum Gasteiger partial charge on any atom is -0.00547 e. The van der Waals surface area contributed by atoms with E-state index in [1.807, 2.05) is 0 Å². The molecule has 0 bridgehead atoms. The van der Waals surface area contributed by atoms with Crippen LogP contribution in [0, 0.1) is 5.92 Å². The van der Waals surface area contributed by atoms with Crippen molar-refractivity contribution < 1.29 is 0 Å². The standard InChI is InChI=1S/C21H20/c1-3-8-16(9-4-1)19-14-18-12-7-13-20(21(18)15-19)17-10-5-2-6-11-17/h1-3,5-7,10-13,15-16H,4,8-9,14H2. The van der Waals surface area contributed by atoms with E-state index in [-0.39, 0.29) is 0 Å². The van der Waals surface area contributed by atoms with E-state index in [9.17, 15) is 0 Å². The third-order valence-electron chi connectivity index (χ3n) is 4.80. The highest BCUT2D eigenvalue weighted by Crippen LogP contribution is 2.39. The van der Waals surface area contributed by atoms with E-state index in [1.54, 1.807) is 5.57 Å². The third-order valence-corrected chi connectivity index (χ3v) is 4.80. The Morgan fingerprint density at radius 1 is 0.857 bits per heavy atom. The van der Waals surface area contributed by atoms with E-state index in [1.165, 1.54) is 41.5 Å². The molecule has 0 heteroatoms. The molecule has 0 aliphatic heterocycles. The minimum atomic E-state index is 0.756. The smallest absolute Gasteiger partial charge is 0.00547 e. The van der Waals surface area contributed by atoms with Gasteiger partial charge in [-0.15, -0.1) is 0 Å². The van der Waals surface area contributed by atoms with Crippen LogP contribution >= 0.6 is 0 Å². The van der Waals surface area contributed by atoms with Crippen LogP contribution in [0.5, 0.6) is 0 Å². The number of allylic oxidation sites excluding steroid dienone is 3. The van der Waals surface area contributed by atoms with Gasteiger partial charge in [-0.3, -0.25) is 0 Å². The fourth-order valence-corrected chi connectivity index (χ4v) is 3.66. The monoisotopic (exact) mass is 272 g/mol. The zero-order valence-corrected chi connectivity index (χ0v) is 12.3. The van der Waals surface area contributed by atoms with E-state index in [0.29, 0.717) is 0 Å². The second kappa shape index (κ2) is 5.37. The molecule has 0 saturated carbocycles. The minimum Gasteiger partial charge on any atom is -0.0885 e. The zero-order chi connectivity index (χ0) is 14.1. The minimum absolute atomic E-state index is 0.756. The number of hydrogen-bond donors (Lipinski definition) is 0. The summed E-state index contributed by atoms with van der Waals surface area (Å²) in [6.45, 7) is 0. The van der Waals surface area contributed by atoms with Gasteiger partial charge in [-0.1, -0.05) is 72.3 Å². The lowest BCUT2D eigenvalue weighted by atomic mass is 9.86. The lowest BCUT2D eigenvalue weighted by molar-refractivity contribution is 0.548. The summed E-state index contributed by atoms with van der Waals surface area (Å²) in [5, 5.41) is 0. The van der Waals surface area contributed by atoms with Gasteiger partial charge in [0.05, 0.1) is 0 Å². The largest absolute Gasteiger partial charge is 0.0885 e. The molecule has 0 amide bonds. The van der Waals surface area contributed by atoms with E-state index in [2.05, 4.69) is 66.8 Å². The summed E-state index contributed by atoms with van der Waals surface area (Å²) < 4.78 is 0.